The largest absolute Gasteiger partial charge is 0.376 e. The van der Waals surface area contributed by atoms with Crippen molar-refractivity contribution in [3.05, 3.63) is 24.4 Å². The van der Waals surface area contributed by atoms with E-state index in [-0.39, 0.29) is 5.37 Å². The lowest BCUT2D eigenvalue weighted by atomic mass is 10.4. The van der Waals surface area contributed by atoms with Crippen LogP contribution in [0.2, 0.25) is 0 Å². The number of nitrogens with one attached hydrogen (secondary N) is 1. The van der Waals surface area contributed by atoms with Gasteiger partial charge in [-0.05, 0) is 12.3 Å². The summed E-state index contributed by atoms with van der Waals surface area (Å²) in [6.07, 6.45) is 7.75. The molecule has 0 fully saturated rings. The fraction of sp³-hybridized carbons (Fsp3) is 0.200. The molecule has 1 aliphatic rings. The van der Waals surface area contributed by atoms with Gasteiger partial charge in [-0.1, -0.05) is 12.2 Å². The summed E-state index contributed by atoms with van der Waals surface area (Å²) in [5.41, 5.74) is 0. The minimum absolute atomic E-state index is 0.213. The summed E-state index contributed by atoms with van der Waals surface area (Å²) in [6.45, 7) is 0. The highest BCUT2D eigenvalue weighted by Crippen LogP contribution is 1.95. The summed E-state index contributed by atoms with van der Waals surface area (Å²) in [5.74, 6) is 0. The Bertz CT molecular complexity index is 107. The number of hydrogen-bond acceptors (Lipinski definition) is 2. The first-order chi connectivity index (χ1) is 3.39. The molecular weight excluding hydrogens is 106 g/mol. The van der Waals surface area contributed by atoms with Gasteiger partial charge in [0.2, 0.25) is 0 Å². The second-order valence-electron chi connectivity index (χ2n) is 1.36. The Hall–Kier alpha value is -0.370. The van der Waals surface area contributed by atoms with E-state index in [1.165, 1.54) is 0 Å². The van der Waals surface area contributed by atoms with Gasteiger partial charge < -0.3 is 5.32 Å². The predicted molar refractivity (Wildman–Crippen MR) is 34.2 cm³/mol. The van der Waals surface area contributed by atoms with E-state index in [2.05, 4.69) is 17.9 Å². The summed E-state index contributed by atoms with van der Waals surface area (Å²) in [6, 6.07) is 0. The van der Waals surface area contributed by atoms with Gasteiger partial charge in [-0.15, -0.1) is 0 Å². The van der Waals surface area contributed by atoms with Gasteiger partial charge in [-0.25, -0.2) is 0 Å². The maximum Gasteiger partial charge on any atom is 0.0878 e. The van der Waals surface area contributed by atoms with Crippen molar-refractivity contribution in [2.45, 2.75) is 5.37 Å². The van der Waals surface area contributed by atoms with Gasteiger partial charge in [0.25, 0.3) is 0 Å². The normalized spacial score (nSPS) is 27.3. The van der Waals surface area contributed by atoms with Crippen LogP contribution < -0.4 is 5.32 Å². The van der Waals surface area contributed by atoms with Crippen molar-refractivity contribution in [2.24, 2.45) is 0 Å². The van der Waals surface area contributed by atoms with Crippen LogP contribution in [0.25, 0.3) is 0 Å². The summed E-state index contributed by atoms with van der Waals surface area (Å²) >= 11 is 4.11. The highest BCUT2D eigenvalue weighted by atomic mass is 32.1. The van der Waals surface area contributed by atoms with Gasteiger partial charge in [0.05, 0.1) is 5.37 Å². The van der Waals surface area contributed by atoms with E-state index in [4.69, 9.17) is 0 Å². The summed E-state index contributed by atoms with van der Waals surface area (Å²) < 4.78 is 0. The van der Waals surface area contributed by atoms with Crippen LogP contribution in [0.5, 0.6) is 0 Å². The molecule has 0 saturated carbocycles. The van der Waals surface area contributed by atoms with Gasteiger partial charge in [-0.2, -0.15) is 12.6 Å². The molecule has 1 nitrogen and oxygen atoms in total. The monoisotopic (exact) mass is 113 g/mol. The quantitative estimate of drug-likeness (QED) is 0.445. The maximum atomic E-state index is 4.11. The van der Waals surface area contributed by atoms with E-state index >= 15 is 0 Å². The van der Waals surface area contributed by atoms with E-state index in [0.717, 1.165) is 0 Å². The third-order valence-electron chi connectivity index (χ3n) is 0.768. The van der Waals surface area contributed by atoms with E-state index in [1.54, 1.807) is 0 Å². The van der Waals surface area contributed by atoms with Crippen LogP contribution in [0, 0.1) is 0 Å². The van der Waals surface area contributed by atoms with E-state index in [0.29, 0.717) is 0 Å². The molecule has 0 spiro atoms. The van der Waals surface area contributed by atoms with E-state index in [9.17, 15) is 0 Å². The smallest absolute Gasteiger partial charge is 0.0878 e. The third-order valence-corrected chi connectivity index (χ3v) is 1.09. The molecule has 0 amide bonds. The molecule has 2 heteroatoms. The number of thiol groups is 1. The van der Waals surface area contributed by atoms with Crippen molar-refractivity contribution in [3.63, 3.8) is 0 Å². The van der Waals surface area contributed by atoms with Crippen molar-refractivity contribution in [1.29, 1.82) is 0 Å². The molecule has 0 aromatic rings. The topological polar surface area (TPSA) is 12.0 Å². The second-order valence-corrected chi connectivity index (χ2v) is 1.91. The summed E-state index contributed by atoms with van der Waals surface area (Å²) in [4.78, 5) is 0. The van der Waals surface area contributed by atoms with Crippen molar-refractivity contribution in [2.75, 3.05) is 0 Å². The van der Waals surface area contributed by atoms with Crippen LogP contribution in [-0.4, -0.2) is 5.37 Å². The number of allylic oxidation sites excluding steroid dienone is 2. The van der Waals surface area contributed by atoms with Crippen LogP contribution in [0.15, 0.2) is 24.4 Å². The predicted octanol–water partition coefficient (Wildman–Crippen LogP) is 0.915. The number of dihydropyridines is 1. The van der Waals surface area contributed by atoms with Gasteiger partial charge in [0.1, 0.15) is 0 Å². The van der Waals surface area contributed by atoms with Crippen LogP contribution in [-0.2, 0) is 0 Å². The first-order valence-electron chi connectivity index (χ1n) is 2.17. The minimum Gasteiger partial charge on any atom is -0.376 e. The molecule has 38 valence electrons. The average Bonchev–Trinajstić information content (AvgIpc) is 1.69. The van der Waals surface area contributed by atoms with Crippen molar-refractivity contribution >= 4 is 12.6 Å². The Labute approximate surface area is 48.5 Å². The van der Waals surface area contributed by atoms with Crippen LogP contribution in [0.4, 0.5) is 0 Å². The van der Waals surface area contributed by atoms with E-state index in [1.807, 2.05) is 24.4 Å². The van der Waals surface area contributed by atoms with Crippen molar-refractivity contribution in [1.82, 2.24) is 5.32 Å². The summed E-state index contributed by atoms with van der Waals surface area (Å²) in [7, 11) is 0. The average molecular weight is 113 g/mol. The highest BCUT2D eigenvalue weighted by molar-refractivity contribution is 7.81. The Morgan fingerprint density at radius 2 is 2.29 bits per heavy atom. The van der Waals surface area contributed by atoms with Crippen LogP contribution >= 0.6 is 12.6 Å². The zero-order valence-corrected chi connectivity index (χ0v) is 4.73. The molecule has 1 aliphatic heterocycles. The lowest BCUT2D eigenvalue weighted by Crippen LogP contribution is -2.16. The van der Waals surface area contributed by atoms with Crippen LogP contribution in [0.3, 0.4) is 0 Å². The standard InChI is InChI=1S/C5H7NS/c7-5-3-1-2-4-6-5/h1-7H. The van der Waals surface area contributed by atoms with Crippen molar-refractivity contribution in [3.8, 4) is 0 Å². The van der Waals surface area contributed by atoms with Gasteiger partial charge in [-0.3, -0.25) is 0 Å². The SMILES string of the molecule is SC1C=CC=CN1. The van der Waals surface area contributed by atoms with Crippen molar-refractivity contribution < 1.29 is 0 Å². The second kappa shape index (κ2) is 2.07. The van der Waals surface area contributed by atoms with E-state index < -0.39 is 0 Å². The zero-order chi connectivity index (χ0) is 5.11. The maximum absolute atomic E-state index is 4.11. The molecule has 0 aromatic heterocycles. The first-order valence-corrected chi connectivity index (χ1v) is 2.69. The number of rotatable bonds is 0. The molecule has 7 heavy (non-hydrogen) atoms. The Kier molecular flexibility index (Phi) is 1.42. The first kappa shape index (κ1) is 4.78. The Morgan fingerprint density at radius 3 is 2.57 bits per heavy atom. The molecule has 1 heterocycles. The Morgan fingerprint density at radius 1 is 1.43 bits per heavy atom. The molecule has 0 radical (unpaired) electrons. The molecule has 1 unspecified atom stereocenters. The molecule has 0 aliphatic carbocycles. The molecule has 1 atom stereocenters. The Balaban J connectivity index is 2.49. The molecule has 0 bridgehead atoms. The van der Waals surface area contributed by atoms with Gasteiger partial charge in [0, 0.05) is 0 Å². The zero-order valence-electron chi connectivity index (χ0n) is 3.83. The third kappa shape index (κ3) is 1.27. The molecule has 1 N–H and O–H groups in total. The fourth-order valence-electron chi connectivity index (χ4n) is 0.435. The van der Waals surface area contributed by atoms with Gasteiger partial charge >= 0.3 is 0 Å². The van der Waals surface area contributed by atoms with Gasteiger partial charge in [0.15, 0.2) is 0 Å². The lowest BCUT2D eigenvalue weighted by molar-refractivity contribution is 0.919. The minimum atomic E-state index is 0.213. The fourth-order valence-corrected chi connectivity index (χ4v) is 0.620. The molecular formula is C5H7NS. The number of hydrogen-bond donors (Lipinski definition) is 2. The molecule has 1 rings (SSSR count). The van der Waals surface area contributed by atoms with Crippen LogP contribution in [0.1, 0.15) is 0 Å². The molecule has 0 saturated heterocycles. The summed E-state index contributed by atoms with van der Waals surface area (Å²) in [5, 5.41) is 3.19. The molecule has 0 aromatic carbocycles. The lowest BCUT2D eigenvalue weighted by Gasteiger charge is -2.06. The highest BCUT2D eigenvalue weighted by Gasteiger charge is 1.91.